The summed E-state index contributed by atoms with van der Waals surface area (Å²) < 4.78 is 0. The number of nitrogens with two attached hydrogens (primary N) is 1. The quantitative estimate of drug-likeness (QED) is 0.723. The molecule has 0 aliphatic carbocycles. The molecule has 0 spiro atoms. The van der Waals surface area contributed by atoms with Gasteiger partial charge in [-0.25, -0.2) is 4.79 Å². The largest absolute Gasteiger partial charge is 0.481 e. The number of carboxylic acids is 2. The lowest BCUT2D eigenvalue weighted by Gasteiger charge is -2.19. The van der Waals surface area contributed by atoms with Crippen molar-refractivity contribution in [2.75, 3.05) is 0 Å². The number of benzene rings is 1. The molecule has 2 rings (SSSR count). The van der Waals surface area contributed by atoms with Crippen LogP contribution in [0.15, 0.2) is 18.2 Å². The van der Waals surface area contributed by atoms with Crippen LogP contribution in [0.5, 0.6) is 0 Å². The van der Waals surface area contributed by atoms with Gasteiger partial charge >= 0.3 is 11.9 Å². The number of carbonyl (C=O) groups excluding carboxylic acids is 1. The van der Waals surface area contributed by atoms with E-state index in [0.717, 1.165) is 11.1 Å². The number of aliphatic carboxylic acids is 1. The van der Waals surface area contributed by atoms with Crippen molar-refractivity contribution < 1.29 is 24.6 Å². The Morgan fingerprint density at radius 1 is 1.19 bits per heavy atom. The number of hydrogen-bond donors (Lipinski definition) is 3. The third-order valence-corrected chi connectivity index (χ3v) is 3.47. The summed E-state index contributed by atoms with van der Waals surface area (Å²) in [5.41, 5.74) is 7.56. The van der Waals surface area contributed by atoms with Crippen molar-refractivity contribution in [3.8, 4) is 0 Å². The van der Waals surface area contributed by atoms with Crippen molar-refractivity contribution in [3.63, 3.8) is 0 Å². The Morgan fingerprint density at radius 3 is 2.48 bits per heavy atom. The maximum Gasteiger partial charge on any atom is 0.335 e. The van der Waals surface area contributed by atoms with Gasteiger partial charge in [0.2, 0.25) is 5.91 Å². The van der Waals surface area contributed by atoms with Gasteiger partial charge in [-0.05, 0) is 29.7 Å². The van der Waals surface area contributed by atoms with E-state index in [0.29, 0.717) is 13.1 Å². The summed E-state index contributed by atoms with van der Waals surface area (Å²) in [5, 5.41) is 17.5. The van der Waals surface area contributed by atoms with Gasteiger partial charge in [0.15, 0.2) is 0 Å². The SMILES string of the molecule is NC(CCC(=O)O)C(=O)N1Cc2ccc(C(=O)O)cc2C1. The minimum atomic E-state index is -1.01. The fourth-order valence-electron chi connectivity index (χ4n) is 2.32. The van der Waals surface area contributed by atoms with Crippen LogP contribution >= 0.6 is 0 Å². The molecule has 112 valence electrons. The zero-order valence-electron chi connectivity index (χ0n) is 11.3. The van der Waals surface area contributed by atoms with Crippen molar-refractivity contribution in [2.24, 2.45) is 5.73 Å². The molecule has 0 saturated carbocycles. The lowest BCUT2D eigenvalue weighted by Crippen LogP contribution is -2.41. The van der Waals surface area contributed by atoms with Gasteiger partial charge in [0.1, 0.15) is 0 Å². The molecule has 0 fully saturated rings. The molecular formula is C14H16N2O5. The Kier molecular flexibility index (Phi) is 4.23. The Balaban J connectivity index is 2.03. The molecule has 1 aliphatic heterocycles. The van der Waals surface area contributed by atoms with Gasteiger partial charge in [0, 0.05) is 19.5 Å². The smallest absolute Gasteiger partial charge is 0.335 e. The molecule has 1 amide bonds. The first-order chi connectivity index (χ1) is 9.88. The maximum atomic E-state index is 12.1. The topological polar surface area (TPSA) is 121 Å². The first-order valence-electron chi connectivity index (χ1n) is 6.49. The normalized spacial score (nSPS) is 14.6. The molecule has 1 atom stereocenters. The van der Waals surface area contributed by atoms with Crippen molar-refractivity contribution in [3.05, 3.63) is 34.9 Å². The molecule has 0 aromatic heterocycles. The average molecular weight is 292 g/mol. The summed E-state index contributed by atoms with van der Waals surface area (Å²) in [6.45, 7) is 0.672. The zero-order valence-corrected chi connectivity index (χ0v) is 11.3. The van der Waals surface area contributed by atoms with E-state index in [1.165, 1.54) is 11.0 Å². The second-order valence-electron chi connectivity index (χ2n) is 5.02. The molecule has 7 heteroatoms. The monoisotopic (exact) mass is 292 g/mol. The Morgan fingerprint density at radius 2 is 1.86 bits per heavy atom. The number of rotatable bonds is 5. The summed E-state index contributed by atoms with van der Waals surface area (Å²) in [7, 11) is 0. The maximum absolute atomic E-state index is 12.1. The highest BCUT2D eigenvalue weighted by Gasteiger charge is 2.27. The predicted molar refractivity (Wildman–Crippen MR) is 72.5 cm³/mol. The number of nitrogens with zero attached hydrogens (tertiary/aromatic N) is 1. The van der Waals surface area contributed by atoms with E-state index in [1.807, 2.05) is 0 Å². The van der Waals surface area contributed by atoms with Gasteiger partial charge < -0.3 is 20.8 Å². The van der Waals surface area contributed by atoms with Gasteiger partial charge in [-0.3, -0.25) is 9.59 Å². The summed E-state index contributed by atoms with van der Waals surface area (Å²) in [6, 6.07) is 3.89. The van der Waals surface area contributed by atoms with E-state index >= 15 is 0 Å². The summed E-state index contributed by atoms with van der Waals surface area (Å²) in [4.78, 5) is 35.1. The van der Waals surface area contributed by atoms with Gasteiger partial charge in [-0.2, -0.15) is 0 Å². The van der Waals surface area contributed by atoms with Gasteiger partial charge in [0.25, 0.3) is 0 Å². The van der Waals surface area contributed by atoms with Crippen molar-refractivity contribution >= 4 is 17.8 Å². The van der Waals surface area contributed by atoms with Crippen LogP contribution in [0.25, 0.3) is 0 Å². The Bertz CT molecular complexity index is 599. The molecule has 0 bridgehead atoms. The molecule has 4 N–H and O–H groups in total. The zero-order chi connectivity index (χ0) is 15.6. The summed E-state index contributed by atoms with van der Waals surface area (Å²) in [6.07, 6.45) is -0.0712. The van der Waals surface area contributed by atoms with E-state index in [-0.39, 0.29) is 24.3 Å². The molecule has 7 nitrogen and oxygen atoms in total. The van der Waals surface area contributed by atoms with E-state index in [9.17, 15) is 14.4 Å². The summed E-state index contributed by atoms with van der Waals surface area (Å²) >= 11 is 0. The molecule has 1 aromatic rings. The highest BCUT2D eigenvalue weighted by molar-refractivity contribution is 5.88. The van der Waals surface area contributed by atoms with E-state index in [2.05, 4.69) is 0 Å². The molecule has 1 heterocycles. The third-order valence-electron chi connectivity index (χ3n) is 3.47. The van der Waals surface area contributed by atoms with E-state index < -0.39 is 18.0 Å². The van der Waals surface area contributed by atoms with Crippen LogP contribution in [0, 0.1) is 0 Å². The fourth-order valence-corrected chi connectivity index (χ4v) is 2.32. The highest BCUT2D eigenvalue weighted by atomic mass is 16.4. The molecule has 1 aromatic carbocycles. The highest BCUT2D eigenvalue weighted by Crippen LogP contribution is 2.24. The number of fused-ring (bicyclic) bond motifs is 1. The van der Waals surface area contributed by atoms with Crippen LogP contribution < -0.4 is 5.73 Å². The third kappa shape index (κ3) is 3.38. The molecule has 21 heavy (non-hydrogen) atoms. The Hall–Kier alpha value is -2.41. The standard InChI is InChI=1S/C14H16N2O5/c15-11(3-4-12(17)18)13(19)16-6-9-2-1-8(14(20)21)5-10(9)7-16/h1-2,5,11H,3-4,6-7,15H2,(H,17,18)(H,20,21). The first-order valence-corrected chi connectivity index (χ1v) is 6.49. The van der Waals surface area contributed by atoms with Crippen LogP contribution in [0.4, 0.5) is 0 Å². The molecule has 1 aliphatic rings. The van der Waals surface area contributed by atoms with Gasteiger partial charge in [0.05, 0.1) is 11.6 Å². The molecule has 0 saturated heterocycles. The van der Waals surface area contributed by atoms with Crippen LogP contribution in [0.2, 0.25) is 0 Å². The van der Waals surface area contributed by atoms with Crippen molar-refractivity contribution in [1.82, 2.24) is 4.90 Å². The summed E-state index contributed by atoms with van der Waals surface area (Å²) in [5.74, 6) is -2.32. The van der Waals surface area contributed by atoms with Crippen molar-refractivity contribution in [1.29, 1.82) is 0 Å². The lowest BCUT2D eigenvalue weighted by atomic mass is 10.1. The molecule has 1 unspecified atom stereocenters. The number of carbonyl (C=O) groups is 3. The van der Waals surface area contributed by atoms with Crippen molar-refractivity contribution in [2.45, 2.75) is 32.0 Å². The molecular weight excluding hydrogens is 276 g/mol. The predicted octanol–water partition coefficient (Wildman–Crippen LogP) is 0.419. The Labute approximate surface area is 121 Å². The minimum absolute atomic E-state index is 0.0847. The number of amides is 1. The van der Waals surface area contributed by atoms with Crippen LogP contribution in [0.3, 0.4) is 0 Å². The lowest BCUT2D eigenvalue weighted by molar-refractivity contribution is -0.137. The number of hydrogen-bond acceptors (Lipinski definition) is 4. The first kappa shape index (κ1) is 15.0. The molecule has 0 radical (unpaired) electrons. The van der Waals surface area contributed by atoms with Crippen LogP contribution in [-0.4, -0.2) is 39.0 Å². The van der Waals surface area contributed by atoms with Crippen LogP contribution in [-0.2, 0) is 22.7 Å². The second kappa shape index (κ2) is 5.92. The number of carboxylic acid groups (broad SMARTS) is 2. The average Bonchev–Trinajstić information content (AvgIpc) is 2.86. The fraction of sp³-hybridized carbons (Fsp3) is 0.357. The number of aromatic carboxylic acids is 1. The van der Waals surface area contributed by atoms with Gasteiger partial charge in [-0.1, -0.05) is 6.07 Å². The van der Waals surface area contributed by atoms with Gasteiger partial charge in [-0.15, -0.1) is 0 Å². The van der Waals surface area contributed by atoms with E-state index in [1.54, 1.807) is 12.1 Å². The second-order valence-corrected chi connectivity index (χ2v) is 5.02. The van der Waals surface area contributed by atoms with E-state index in [4.69, 9.17) is 15.9 Å². The minimum Gasteiger partial charge on any atom is -0.481 e. The van der Waals surface area contributed by atoms with Crippen LogP contribution in [0.1, 0.15) is 34.3 Å².